The van der Waals surface area contributed by atoms with Crippen LogP contribution in [0.2, 0.25) is 0 Å². The number of aryl methyl sites for hydroxylation is 1. The van der Waals surface area contributed by atoms with E-state index >= 15 is 0 Å². The van der Waals surface area contributed by atoms with Crippen molar-refractivity contribution < 1.29 is 14.3 Å². The van der Waals surface area contributed by atoms with E-state index in [9.17, 15) is 4.79 Å². The summed E-state index contributed by atoms with van der Waals surface area (Å²) in [4.78, 5) is 17.6. The van der Waals surface area contributed by atoms with Gasteiger partial charge in [-0.3, -0.25) is 4.79 Å². The van der Waals surface area contributed by atoms with Gasteiger partial charge in [0.15, 0.2) is 16.3 Å². The molecular formula is C21H20N2O3S. The third kappa shape index (κ3) is 3.74. The lowest BCUT2D eigenvalue weighted by Crippen LogP contribution is -2.16. The van der Waals surface area contributed by atoms with Crippen LogP contribution in [0.3, 0.4) is 0 Å². The molecule has 138 valence electrons. The van der Waals surface area contributed by atoms with E-state index < -0.39 is 0 Å². The molecule has 5 nitrogen and oxygen atoms in total. The monoisotopic (exact) mass is 380 g/mol. The van der Waals surface area contributed by atoms with Crippen molar-refractivity contribution in [3.63, 3.8) is 0 Å². The Labute approximate surface area is 161 Å². The van der Waals surface area contributed by atoms with E-state index in [0.717, 1.165) is 16.6 Å². The second-order valence-corrected chi connectivity index (χ2v) is 6.83. The minimum Gasteiger partial charge on any atom is -0.493 e. The number of carbonyl (C=O) groups is 1. The van der Waals surface area contributed by atoms with Crippen molar-refractivity contribution in [2.45, 2.75) is 19.9 Å². The van der Waals surface area contributed by atoms with Crippen LogP contribution in [0.25, 0.3) is 10.2 Å². The van der Waals surface area contributed by atoms with Gasteiger partial charge in [-0.25, -0.2) is 0 Å². The van der Waals surface area contributed by atoms with Crippen LogP contribution in [0.15, 0.2) is 41.4 Å². The standard InChI is InChI=1S/C21H20N2O3S/c1-5-11-23-16-9-7-14(6-2)12-19(16)27-21(23)22-20(24)15-8-10-17(25-3)18(13-15)26-4/h1,7-10,12-13H,6,11H2,2-4H3. The van der Waals surface area contributed by atoms with Crippen molar-refractivity contribution in [3.05, 3.63) is 52.3 Å². The first-order valence-corrected chi connectivity index (χ1v) is 9.29. The van der Waals surface area contributed by atoms with Crippen LogP contribution < -0.4 is 14.3 Å². The number of carbonyl (C=O) groups excluding carboxylic acids is 1. The summed E-state index contributed by atoms with van der Waals surface area (Å²) in [7, 11) is 3.08. The van der Waals surface area contributed by atoms with Crippen LogP contribution in [0, 0.1) is 12.3 Å². The first-order valence-electron chi connectivity index (χ1n) is 8.48. The molecule has 0 spiro atoms. The number of terminal acetylenes is 1. The Bertz CT molecular complexity index is 1100. The zero-order chi connectivity index (χ0) is 19.4. The summed E-state index contributed by atoms with van der Waals surface area (Å²) in [5, 5.41) is 0. The normalized spacial score (nSPS) is 11.4. The predicted molar refractivity (Wildman–Crippen MR) is 107 cm³/mol. The lowest BCUT2D eigenvalue weighted by molar-refractivity contribution is 0.0997. The van der Waals surface area contributed by atoms with Gasteiger partial charge in [0.05, 0.1) is 31.0 Å². The van der Waals surface area contributed by atoms with Gasteiger partial charge in [0, 0.05) is 5.56 Å². The molecule has 0 bridgehead atoms. The van der Waals surface area contributed by atoms with Crippen LogP contribution in [0.1, 0.15) is 22.8 Å². The van der Waals surface area contributed by atoms with Gasteiger partial charge in [-0.2, -0.15) is 4.99 Å². The summed E-state index contributed by atoms with van der Waals surface area (Å²) in [5.41, 5.74) is 2.63. The molecule has 0 fully saturated rings. The summed E-state index contributed by atoms with van der Waals surface area (Å²) in [6, 6.07) is 11.2. The number of fused-ring (bicyclic) bond motifs is 1. The van der Waals surface area contributed by atoms with Gasteiger partial charge in [0.1, 0.15) is 0 Å². The summed E-state index contributed by atoms with van der Waals surface area (Å²) in [6.45, 7) is 2.46. The Morgan fingerprint density at radius 3 is 2.63 bits per heavy atom. The lowest BCUT2D eigenvalue weighted by Gasteiger charge is -2.07. The van der Waals surface area contributed by atoms with E-state index in [4.69, 9.17) is 15.9 Å². The molecule has 1 heterocycles. The van der Waals surface area contributed by atoms with Gasteiger partial charge in [-0.05, 0) is 42.3 Å². The largest absolute Gasteiger partial charge is 0.493 e. The van der Waals surface area contributed by atoms with Crippen LogP contribution in [-0.4, -0.2) is 24.7 Å². The molecule has 3 aromatic rings. The molecule has 0 aliphatic rings. The maximum absolute atomic E-state index is 12.7. The fourth-order valence-electron chi connectivity index (χ4n) is 2.79. The highest BCUT2D eigenvalue weighted by atomic mass is 32.1. The number of ether oxygens (including phenoxy) is 2. The Morgan fingerprint density at radius 1 is 1.19 bits per heavy atom. The maximum atomic E-state index is 12.7. The summed E-state index contributed by atoms with van der Waals surface area (Å²) >= 11 is 1.46. The average molecular weight is 380 g/mol. The number of hydrogen-bond acceptors (Lipinski definition) is 4. The highest BCUT2D eigenvalue weighted by Gasteiger charge is 2.12. The second-order valence-electron chi connectivity index (χ2n) is 5.82. The fraction of sp³-hybridized carbons (Fsp3) is 0.238. The van der Waals surface area contributed by atoms with Gasteiger partial charge in [-0.15, -0.1) is 6.42 Å². The van der Waals surface area contributed by atoms with E-state index in [2.05, 4.69) is 30.0 Å². The molecule has 0 saturated heterocycles. The first kappa shape index (κ1) is 18.7. The van der Waals surface area contributed by atoms with Crippen molar-refractivity contribution in [2.24, 2.45) is 4.99 Å². The van der Waals surface area contributed by atoms with Gasteiger partial charge in [0.25, 0.3) is 5.91 Å². The average Bonchev–Trinajstić information content (AvgIpc) is 3.03. The summed E-state index contributed by atoms with van der Waals surface area (Å²) in [5.74, 6) is 3.33. The molecule has 3 rings (SSSR count). The zero-order valence-electron chi connectivity index (χ0n) is 15.5. The molecule has 0 aliphatic carbocycles. The van der Waals surface area contributed by atoms with E-state index in [1.165, 1.54) is 24.0 Å². The molecular weight excluding hydrogens is 360 g/mol. The Hall–Kier alpha value is -3.04. The number of methoxy groups -OCH3 is 2. The minimum atomic E-state index is -0.357. The molecule has 6 heteroatoms. The molecule has 0 saturated carbocycles. The predicted octanol–water partition coefficient (Wildman–Crippen LogP) is 3.66. The molecule has 0 aliphatic heterocycles. The first-order chi connectivity index (χ1) is 13.1. The van der Waals surface area contributed by atoms with Crippen molar-refractivity contribution in [3.8, 4) is 23.8 Å². The minimum absolute atomic E-state index is 0.351. The Balaban J connectivity index is 2.10. The summed E-state index contributed by atoms with van der Waals surface area (Å²) < 4.78 is 13.4. The highest BCUT2D eigenvalue weighted by Crippen LogP contribution is 2.28. The maximum Gasteiger partial charge on any atom is 0.279 e. The third-order valence-corrected chi connectivity index (χ3v) is 5.27. The molecule has 1 aromatic heterocycles. The Morgan fingerprint density at radius 2 is 1.96 bits per heavy atom. The number of benzene rings is 2. The van der Waals surface area contributed by atoms with Gasteiger partial charge >= 0.3 is 0 Å². The Kier molecular flexibility index (Phi) is 5.63. The number of amides is 1. The van der Waals surface area contributed by atoms with E-state index in [0.29, 0.717) is 28.4 Å². The van der Waals surface area contributed by atoms with Crippen molar-refractivity contribution >= 4 is 27.5 Å². The van der Waals surface area contributed by atoms with Gasteiger partial charge in [-0.1, -0.05) is 30.2 Å². The SMILES string of the molecule is C#CCn1c(=NC(=O)c2ccc(OC)c(OC)c2)sc2cc(CC)ccc21. The van der Waals surface area contributed by atoms with Crippen molar-refractivity contribution in [1.82, 2.24) is 4.57 Å². The number of thiazole rings is 1. The van der Waals surface area contributed by atoms with E-state index in [1.807, 2.05) is 10.6 Å². The van der Waals surface area contributed by atoms with Crippen LogP contribution in [0.4, 0.5) is 0 Å². The molecule has 0 N–H and O–H groups in total. The molecule has 27 heavy (non-hydrogen) atoms. The molecule has 2 aromatic carbocycles. The smallest absolute Gasteiger partial charge is 0.279 e. The number of hydrogen-bond donors (Lipinski definition) is 0. The number of aromatic nitrogens is 1. The number of rotatable bonds is 5. The van der Waals surface area contributed by atoms with Gasteiger partial charge in [0.2, 0.25) is 0 Å². The van der Waals surface area contributed by atoms with Gasteiger partial charge < -0.3 is 14.0 Å². The van der Waals surface area contributed by atoms with Crippen LogP contribution in [0.5, 0.6) is 11.5 Å². The lowest BCUT2D eigenvalue weighted by atomic mass is 10.2. The number of nitrogens with zero attached hydrogens (tertiary/aromatic N) is 2. The van der Waals surface area contributed by atoms with E-state index in [1.54, 1.807) is 25.3 Å². The molecule has 0 atom stereocenters. The summed E-state index contributed by atoms with van der Waals surface area (Å²) in [6.07, 6.45) is 6.47. The topological polar surface area (TPSA) is 52.8 Å². The fourth-order valence-corrected chi connectivity index (χ4v) is 3.88. The third-order valence-electron chi connectivity index (χ3n) is 4.23. The second kappa shape index (κ2) is 8.11. The van der Waals surface area contributed by atoms with Crippen molar-refractivity contribution in [1.29, 1.82) is 0 Å². The molecule has 0 radical (unpaired) electrons. The molecule has 0 unspecified atom stereocenters. The van der Waals surface area contributed by atoms with Crippen LogP contribution >= 0.6 is 11.3 Å². The zero-order valence-corrected chi connectivity index (χ0v) is 16.3. The quantitative estimate of drug-likeness (QED) is 0.635. The van der Waals surface area contributed by atoms with Crippen LogP contribution in [-0.2, 0) is 13.0 Å². The molecule has 1 amide bonds. The highest BCUT2D eigenvalue weighted by molar-refractivity contribution is 7.16. The van der Waals surface area contributed by atoms with E-state index in [-0.39, 0.29) is 5.91 Å². The van der Waals surface area contributed by atoms with Crippen molar-refractivity contribution in [2.75, 3.05) is 14.2 Å².